The van der Waals surface area contributed by atoms with E-state index in [4.69, 9.17) is 4.74 Å². The molecule has 0 saturated carbocycles. The molecule has 1 heterocycles. The number of rotatable bonds is 5. The van der Waals surface area contributed by atoms with Gasteiger partial charge in [-0.15, -0.1) is 0 Å². The van der Waals surface area contributed by atoms with E-state index in [1.807, 2.05) is 30.3 Å². The molecule has 1 atom stereocenters. The third-order valence-electron chi connectivity index (χ3n) is 4.32. The molecule has 2 aromatic carbocycles. The highest BCUT2D eigenvalue weighted by molar-refractivity contribution is 5.93. The number of nitrogens with one attached hydrogen (secondary N) is 2. The molecule has 0 saturated heterocycles. The predicted octanol–water partition coefficient (Wildman–Crippen LogP) is 2.01. The van der Waals surface area contributed by atoms with E-state index in [1.54, 1.807) is 7.11 Å². The van der Waals surface area contributed by atoms with Crippen molar-refractivity contribution in [3.8, 4) is 5.75 Å². The van der Waals surface area contributed by atoms with E-state index in [2.05, 4.69) is 35.7 Å². The third kappa shape index (κ3) is 4.03. The van der Waals surface area contributed by atoms with Crippen LogP contribution in [0, 0.1) is 0 Å². The Bertz CT molecular complexity index is 725. The van der Waals surface area contributed by atoms with Gasteiger partial charge in [0.1, 0.15) is 5.75 Å². The standard InChI is InChI=1S/C20H22N2O2/c1-24-19-10-6-5-9-18(19)21-20(23)15-22-13-11-17(12-14-22)16-7-3-2-4-8-16/h2-11H,12-15H2,1H3,(H,21,23)/p+1. The van der Waals surface area contributed by atoms with Gasteiger partial charge in [0, 0.05) is 6.42 Å². The van der Waals surface area contributed by atoms with Crippen LogP contribution in [0.1, 0.15) is 12.0 Å². The molecular weight excluding hydrogens is 300 g/mol. The number of methoxy groups -OCH3 is 1. The minimum absolute atomic E-state index is 0.0195. The molecule has 0 fully saturated rings. The van der Waals surface area contributed by atoms with Crippen LogP contribution in [0.25, 0.3) is 5.57 Å². The minimum atomic E-state index is 0.0195. The molecule has 24 heavy (non-hydrogen) atoms. The minimum Gasteiger partial charge on any atom is -0.495 e. The molecule has 4 nitrogen and oxygen atoms in total. The Labute approximate surface area is 142 Å². The lowest BCUT2D eigenvalue weighted by Gasteiger charge is -2.23. The topological polar surface area (TPSA) is 42.8 Å². The summed E-state index contributed by atoms with van der Waals surface area (Å²) in [6.45, 7) is 2.32. The van der Waals surface area contributed by atoms with Gasteiger partial charge in [0.05, 0.1) is 25.9 Å². The number of ether oxygens (including phenoxy) is 1. The van der Waals surface area contributed by atoms with Crippen molar-refractivity contribution in [3.05, 3.63) is 66.2 Å². The monoisotopic (exact) mass is 323 g/mol. The number of para-hydroxylation sites is 2. The highest BCUT2D eigenvalue weighted by Crippen LogP contribution is 2.22. The van der Waals surface area contributed by atoms with Crippen LogP contribution < -0.4 is 15.0 Å². The van der Waals surface area contributed by atoms with E-state index in [9.17, 15) is 4.79 Å². The van der Waals surface area contributed by atoms with Gasteiger partial charge in [-0.1, -0.05) is 42.5 Å². The van der Waals surface area contributed by atoms with Crippen molar-refractivity contribution < 1.29 is 14.4 Å². The highest BCUT2D eigenvalue weighted by atomic mass is 16.5. The van der Waals surface area contributed by atoms with Gasteiger partial charge in [0.25, 0.3) is 5.91 Å². The molecular formula is C20H23N2O2+. The third-order valence-corrected chi connectivity index (χ3v) is 4.32. The number of anilines is 1. The van der Waals surface area contributed by atoms with Crippen LogP contribution >= 0.6 is 0 Å². The van der Waals surface area contributed by atoms with Gasteiger partial charge in [0.2, 0.25) is 0 Å². The van der Waals surface area contributed by atoms with E-state index in [0.717, 1.165) is 25.2 Å². The molecule has 1 aliphatic heterocycles. The fourth-order valence-electron chi connectivity index (χ4n) is 3.03. The molecule has 0 aliphatic carbocycles. The summed E-state index contributed by atoms with van der Waals surface area (Å²) in [5.41, 5.74) is 3.39. The molecule has 4 heteroatoms. The van der Waals surface area contributed by atoms with E-state index < -0.39 is 0 Å². The molecule has 1 amide bonds. The van der Waals surface area contributed by atoms with Crippen LogP contribution in [-0.2, 0) is 4.79 Å². The lowest BCUT2D eigenvalue weighted by atomic mass is 10.00. The van der Waals surface area contributed by atoms with Gasteiger partial charge < -0.3 is 15.0 Å². The number of carbonyl (C=O) groups excluding carboxylic acids is 1. The van der Waals surface area contributed by atoms with Crippen molar-refractivity contribution in [1.29, 1.82) is 0 Å². The van der Waals surface area contributed by atoms with Crippen molar-refractivity contribution in [2.75, 3.05) is 32.1 Å². The Morgan fingerprint density at radius 1 is 1.12 bits per heavy atom. The zero-order valence-electron chi connectivity index (χ0n) is 13.9. The second kappa shape index (κ2) is 7.79. The van der Waals surface area contributed by atoms with Gasteiger partial charge in [-0.2, -0.15) is 0 Å². The summed E-state index contributed by atoms with van der Waals surface area (Å²) in [4.78, 5) is 13.6. The van der Waals surface area contributed by atoms with Crippen LogP contribution in [0.5, 0.6) is 5.75 Å². The van der Waals surface area contributed by atoms with E-state index in [0.29, 0.717) is 12.3 Å². The van der Waals surface area contributed by atoms with Crippen LogP contribution in [0.2, 0.25) is 0 Å². The number of benzene rings is 2. The Kier molecular flexibility index (Phi) is 5.29. The summed E-state index contributed by atoms with van der Waals surface area (Å²) in [7, 11) is 1.61. The summed E-state index contributed by atoms with van der Waals surface area (Å²) in [6.07, 6.45) is 3.26. The first-order valence-corrected chi connectivity index (χ1v) is 8.27. The lowest BCUT2D eigenvalue weighted by Crippen LogP contribution is -3.13. The summed E-state index contributed by atoms with van der Waals surface area (Å²) in [6, 6.07) is 17.9. The molecule has 0 spiro atoms. The second-order valence-corrected chi connectivity index (χ2v) is 5.97. The van der Waals surface area contributed by atoms with E-state index in [-0.39, 0.29) is 5.91 Å². The van der Waals surface area contributed by atoms with Gasteiger partial charge in [0.15, 0.2) is 6.54 Å². The van der Waals surface area contributed by atoms with Crippen molar-refractivity contribution in [3.63, 3.8) is 0 Å². The molecule has 2 N–H and O–H groups in total. The van der Waals surface area contributed by atoms with E-state index in [1.165, 1.54) is 16.0 Å². The van der Waals surface area contributed by atoms with Crippen LogP contribution in [-0.4, -0.2) is 32.7 Å². The molecule has 1 aliphatic rings. The first-order valence-electron chi connectivity index (χ1n) is 8.27. The average Bonchev–Trinajstić information content (AvgIpc) is 2.63. The van der Waals surface area contributed by atoms with Crippen LogP contribution in [0.15, 0.2) is 60.7 Å². The summed E-state index contributed by atoms with van der Waals surface area (Å²) in [5, 5.41) is 2.95. The number of hydrogen-bond acceptors (Lipinski definition) is 2. The summed E-state index contributed by atoms with van der Waals surface area (Å²) >= 11 is 0. The van der Waals surface area contributed by atoms with Crippen molar-refractivity contribution in [2.45, 2.75) is 6.42 Å². The number of amides is 1. The SMILES string of the molecule is COc1ccccc1NC(=O)C[NH+]1CC=C(c2ccccc2)CC1. The van der Waals surface area contributed by atoms with Crippen molar-refractivity contribution >= 4 is 17.2 Å². The predicted molar refractivity (Wildman–Crippen MR) is 96.2 cm³/mol. The molecule has 1 unspecified atom stereocenters. The lowest BCUT2D eigenvalue weighted by molar-refractivity contribution is -0.886. The Morgan fingerprint density at radius 3 is 2.58 bits per heavy atom. The average molecular weight is 323 g/mol. The zero-order chi connectivity index (χ0) is 16.8. The van der Waals surface area contributed by atoms with Gasteiger partial charge in [-0.05, 0) is 29.3 Å². The van der Waals surface area contributed by atoms with Crippen molar-refractivity contribution in [1.82, 2.24) is 0 Å². The molecule has 0 bridgehead atoms. The fraction of sp³-hybridized carbons (Fsp3) is 0.250. The second-order valence-electron chi connectivity index (χ2n) is 5.97. The Hall–Kier alpha value is -2.59. The first-order chi connectivity index (χ1) is 11.8. The van der Waals surface area contributed by atoms with Crippen LogP contribution in [0.4, 0.5) is 5.69 Å². The van der Waals surface area contributed by atoms with Gasteiger partial charge >= 0.3 is 0 Å². The first kappa shape index (κ1) is 16.3. The largest absolute Gasteiger partial charge is 0.495 e. The maximum absolute atomic E-state index is 12.3. The smallest absolute Gasteiger partial charge is 0.279 e. The zero-order valence-corrected chi connectivity index (χ0v) is 13.9. The van der Waals surface area contributed by atoms with E-state index >= 15 is 0 Å². The normalized spacial score (nSPS) is 17.0. The maximum Gasteiger partial charge on any atom is 0.279 e. The molecule has 3 rings (SSSR count). The molecule has 0 radical (unpaired) electrons. The van der Waals surface area contributed by atoms with Crippen molar-refractivity contribution in [2.24, 2.45) is 0 Å². The Balaban J connectivity index is 1.56. The molecule has 0 aromatic heterocycles. The number of hydrogen-bond donors (Lipinski definition) is 2. The number of carbonyl (C=O) groups is 1. The highest BCUT2D eigenvalue weighted by Gasteiger charge is 2.19. The molecule has 124 valence electrons. The van der Waals surface area contributed by atoms with Gasteiger partial charge in [-0.3, -0.25) is 4.79 Å². The quantitative estimate of drug-likeness (QED) is 0.884. The number of quaternary nitrogens is 1. The summed E-state index contributed by atoms with van der Waals surface area (Å²) < 4.78 is 5.27. The van der Waals surface area contributed by atoms with Gasteiger partial charge in [-0.25, -0.2) is 0 Å². The fourth-order valence-corrected chi connectivity index (χ4v) is 3.03. The summed E-state index contributed by atoms with van der Waals surface area (Å²) in [5.74, 6) is 0.705. The maximum atomic E-state index is 12.3. The van der Waals surface area contributed by atoms with Crippen LogP contribution in [0.3, 0.4) is 0 Å². The molecule has 2 aromatic rings. The Morgan fingerprint density at radius 2 is 1.88 bits per heavy atom.